The van der Waals surface area contributed by atoms with Crippen LogP contribution >= 0.6 is 0 Å². The molecule has 1 aliphatic heterocycles. The molecule has 0 aromatic heterocycles. The number of carbonyl (C=O) groups excluding carboxylic acids is 2. The van der Waals surface area contributed by atoms with E-state index >= 15 is 0 Å². The number of aliphatic hydroxyl groups excluding tert-OH is 4. The van der Waals surface area contributed by atoms with Gasteiger partial charge in [-0.1, -0.05) is 40.0 Å². The number of amides is 1. The standard InChI is InChI=1S/C19H35NO7/c1-11(22)20-13(17(25)19(2,3)4)9-7-5-6-8-12-15(23)16(24)14(10-21)27-18(12)26/h12-16,18,21,23-24,26H,5-10H2,1-4H3,(H,20,22). The zero-order chi connectivity index (χ0) is 20.8. The Bertz CT molecular complexity index is 491. The van der Waals surface area contributed by atoms with Crippen LogP contribution < -0.4 is 5.32 Å². The monoisotopic (exact) mass is 389 g/mol. The number of rotatable bonds is 9. The molecule has 1 saturated heterocycles. The molecule has 1 fully saturated rings. The first kappa shape index (κ1) is 24.0. The third-order valence-corrected chi connectivity index (χ3v) is 4.99. The van der Waals surface area contributed by atoms with Gasteiger partial charge in [-0.2, -0.15) is 0 Å². The molecule has 0 aromatic rings. The van der Waals surface area contributed by atoms with E-state index < -0.39 is 48.6 Å². The predicted octanol–water partition coefficient (Wildman–Crippen LogP) is 0.104. The number of ketones is 1. The Labute approximate surface area is 160 Å². The minimum atomic E-state index is -1.24. The van der Waals surface area contributed by atoms with Crippen LogP contribution in [0.5, 0.6) is 0 Å². The molecule has 158 valence electrons. The van der Waals surface area contributed by atoms with Crippen LogP contribution in [0.4, 0.5) is 0 Å². The average molecular weight is 389 g/mol. The number of hydrogen-bond donors (Lipinski definition) is 5. The number of carbonyl (C=O) groups is 2. The van der Waals surface area contributed by atoms with Gasteiger partial charge in [0, 0.05) is 18.3 Å². The zero-order valence-corrected chi connectivity index (χ0v) is 16.7. The summed E-state index contributed by atoms with van der Waals surface area (Å²) in [4.78, 5) is 23.8. The van der Waals surface area contributed by atoms with Crippen molar-refractivity contribution in [3.05, 3.63) is 0 Å². The van der Waals surface area contributed by atoms with E-state index in [1.165, 1.54) is 6.92 Å². The van der Waals surface area contributed by atoms with Gasteiger partial charge < -0.3 is 30.5 Å². The predicted molar refractivity (Wildman–Crippen MR) is 98.6 cm³/mol. The van der Waals surface area contributed by atoms with E-state index in [2.05, 4.69) is 5.32 Å². The molecule has 6 atom stereocenters. The van der Waals surface area contributed by atoms with Gasteiger partial charge in [0.2, 0.25) is 5.91 Å². The average Bonchev–Trinajstić information content (AvgIpc) is 2.57. The Kier molecular flexibility index (Phi) is 9.30. The lowest BCUT2D eigenvalue weighted by atomic mass is 9.84. The molecule has 0 saturated carbocycles. The van der Waals surface area contributed by atoms with Crippen molar-refractivity contribution in [2.24, 2.45) is 11.3 Å². The Morgan fingerprint density at radius 2 is 1.70 bits per heavy atom. The van der Waals surface area contributed by atoms with E-state index in [9.17, 15) is 24.9 Å². The lowest BCUT2D eigenvalue weighted by molar-refractivity contribution is -0.271. The number of ether oxygens (including phenoxy) is 1. The second kappa shape index (κ2) is 10.5. The number of nitrogens with one attached hydrogen (secondary N) is 1. The normalized spacial score (nSPS) is 30.0. The van der Waals surface area contributed by atoms with E-state index in [1.54, 1.807) is 0 Å². The molecule has 1 rings (SSSR count). The van der Waals surface area contributed by atoms with Crippen LogP contribution in [0.2, 0.25) is 0 Å². The van der Waals surface area contributed by atoms with Crippen molar-refractivity contribution < 1.29 is 34.8 Å². The van der Waals surface area contributed by atoms with Crippen LogP contribution in [-0.2, 0) is 14.3 Å². The molecule has 0 radical (unpaired) electrons. The smallest absolute Gasteiger partial charge is 0.217 e. The highest BCUT2D eigenvalue weighted by molar-refractivity contribution is 5.91. The van der Waals surface area contributed by atoms with Crippen LogP contribution in [0, 0.1) is 11.3 Å². The van der Waals surface area contributed by atoms with Crippen molar-refractivity contribution in [1.82, 2.24) is 5.32 Å². The van der Waals surface area contributed by atoms with E-state index in [0.717, 1.165) is 6.42 Å². The highest BCUT2D eigenvalue weighted by Gasteiger charge is 2.42. The van der Waals surface area contributed by atoms with Crippen LogP contribution in [0.3, 0.4) is 0 Å². The largest absolute Gasteiger partial charge is 0.394 e. The van der Waals surface area contributed by atoms with Crippen molar-refractivity contribution in [2.75, 3.05) is 6.61 Å². The molecular formula is C19H35NO7. The number of aliphatic hydroxyl groups is 4. The van der Waals surface area contributed by atoms with Gasteiger partial charge in [-0.05, 0) is 12.8 Å². The highest BCUT2D eigenvalue weighted by atomic mass is 16.6. The first-order chi connectivity index (χ1) is 12.5. The first-order valence-corrected chi connectivity index (χ1v) is 9.61. The Balaban J connectivity index is 2.45. The highest BCUT2D eigenvalue weighted by Crippen LogP contribution is 2.29. The maximum Gasteiger partial charge on any atom is 0.217 e. The second-order valence-corrected chi connectivity index (χ2v) is 8.40. The third-order valence-electron chi connectivity index (χ3n) is 4.99. The molecule has 0 aromatic carbocycles. The van der Waals surface area contributed by atoms with Gasteiger partial charge in [-0.25, -0.2) is 0 Å². The summed E-state index contributed by atoms with van der Waals surface area (Å²) in [5, 5.41) is 41.8. The van der Waals surface area contributed by atoms with Crippen molar-refractivity contribution in [3.63, 3.8) is 0 Å². The van der Waals surface area contributed by atoms with Gasteiger partial charge >= 0.3 is 0 Å². The SMILES string of the molecule is CC(=O)NC(CCCCCC1C(O)OC(CO)C(O)C1O)C(=O)C(C)(C)C. The molecule has 27 heavy (non-hydrogen) atoms. The molecule has 1 aliphatic rings. The van der Waals surface area contributed by atoms with E-state index in [-0.39, 0.29) is 11.7 Å². The zero-order valence-electron chi connectivity index (χ0n) is 16.7. The van der Waals surface area contributed by atoms with E-state index in [1.807, 2.05) is 20.8 Å². The van der Waals surface area contributed by atoms with Gasteiger partial charge in [0.15, 0.2) is 12.1 Å². The van der Waals surface area contributed by atoms with Crippen LogP contribution in [0.25, 0.3) is 0 Å². The number of Topliss-reactive ketones (excluding diaryl/α,β-unsaturated/α-hetero) is 1. The summed E-state index contributed by atoms with van der Waals surface area (Å²) >= 11 is 0. The molecule has 6 unspecified atom stereocenters. The molecule has 1 heterocycles. The fraction of sp³-hybridized carbons (Fsp3) is 0.895. The van der Waals surface area contributed by atoms with Crippen molar-refractivity contribution in [2.45, 2.75) is 90.4 Å². The molecule has 5 N–H and O–H groups in total. The minimum absolute atomic E-state index is 0.0117. The Hall–Kier alpha value is -1.06. The van der Waals surface area contributed by atoms with Crippen molar-refractivity contribution >= 4 is 11.7 Å². The lowest BCUT2D eigenvalue weighted by Gasteiger charge is -2.40. The maximum atomic E-state index is 12.4. The summed E-state index contributed by atoms with van der Waals surface area (Å²) in [6.45, 7) is 6.37. The molecule has 0 bridgehead atoms. The first-order valence-electron chi connectivity index (χ1n) is 9.61. The molecular weight excluding hydrogens is 354 g/mol. The van der Waals surface area contributed by atoms with Gasteiger partial charge in [0.1, 0.15) is 12.2 Å². The van der Waals surface area contributed by atoms with Gasteiger partial charge in [-0.3, -0.25) is 9.59 Å². The van der Waals surface area contributed by atoms with Gasteiger partial charge in [-0.15, -0.1) is 0 Å². The fourth-order valence-electron chi connectivity index (χ4n) is 3.41. The number of hydrogen-bond acceptors (Lipinski definition) is 7. The molecule has 8 heteroatoms. The maximum absolute atomic E-state index is 12.4. The van der Waals surface area contributed by atoms with E-state index in [4.69, 9.17) is 9.84 Å². The molecule has 0 spiro atoms. The second-order valence-electron chi connectivity index (χ2n) is 8.40. The summed E-state index contributed by atoms with van der Waals surface area (Å²) in [7, 11) is 0. The topological polar surface area (TPSA) is 136 Å². The Morgan fingerprint density at radius 1 is 1.07 bits per heavy atom. The fourth-order valence-corrected chi connectivity index (χ4v) is 3.41. The quantitative estimate of drug-likeness (QED) is 0.353. The van der Waals surface area contributed by atoms with Crippen LogP contribution in [0.15, 0.2) is 0 Å². The van der Waals surface area contributed by atoms with Crippen molar-refractivity contribution in [3.8, 4) is 0 Å². The summed E-state index contributed by atoms with van der Waals surface area (Å²) in [5.74, 6) is -0.886. The van der Waals surface area contributed by atoms with Crippen LogP contribution in [0.1, 0.15) is 59.8 Å². The van der Waals surface area contributed by atoms with Crippen molar-refractivity contribution in [1.29, 1.82) is 0 Å². The Morgan fingerprint density at radius 3 is 2.22 bits per heavy atom. The number of unbranched alkanes of at least 4 members (excludes halogenated alkanes) is 2. The summed E-state index contributed by atoms with van der Waals surface area (Å²) in [6, 6.07) is -0.524. The van der Waals surface area contributed by atoms with Gasteiger partial charge in [0.25, 0.3) is 0 Å². The lowest BCUT2D eigenvalue weighted by Crippen LogP contribution is -2.55. The van der Waals surface area contributed by atoms with Gasteiger partial charge in [0.05, 0.1) is 18.8 Å². The summed E-state index contributed by atoms with van der Waals surface area (Å²) in [5.41, 5.74) is -0.542. The minimum Gasteiger partial charge on any atom is -0.394 e. The third kappa shape index (κ3) is 7.12. The summed E-state index contributed by atoms with van der Waals surface area (Å²) < 4.78 is 5.14. The van der Waals surface area contributed by atoms with E-state index in [0.29, 0.717) is 25.7 Å². The molecule has 0 aliphatic carbocycles. The summed E-state index contributed by atoms with van der Waals surface area (Å²) in [6.07, 6.45) is -1.57. The van der Waals surface area contributed by atoms with Crippen LogP contribution in [-0.4, -0.2) is 69.4 Å². The molecule has 8 nitrogen and oxygen atoms in total. The molecule has 1 amide bonds.